The van der Waals surface area contributed by atoms with Crippen molar-refractivity contribution in [3.8, 4) is 0 Å². The molecule has 3 heteroatoms. The van der Waals surface area contributed by atoms with E-state index < -0.39 is 0 Å². The van der Waals surface area contributed by atoms with Crippen LogP contribution in [0, 0.1) is 12.7 Å². The highest BCUT2D eigenvalue weighted by Gasteiger charge is 2.14. The number of aromatic nitrogens is 1. The fourth-order valence-electron chi connectivity index (χ4n) is 2.08. The van der Waals surface area contributed by atoms with Gasteiger partial charge in [0.15, 0.2) is 0 Å². The van der Waals surface area contributed by atoms with E-state index in [1.165, 1.54) is 6.07 Å². The first kappa shape index (κ1) is 12.7. The number of hydrogen-bond acceptors (Lipinski definition) is 2. The molecule has 1 unspecified atom stereocenters. The topological polar surface area (TPSA) is 24.9 Å². The molecule has 0 saturated carbocycles. The number of aryl methyl sites for hydroxylation is 1. The molecule has 1 aromatic carbocycles. The second kappa shape index (κ2) is 5.74. The molecule has 0 fully saturated rings. The summed E-state index contributed by atoms with van der Waals surface area (Å²) in [4.78, 5) is 4.35. The molecule has 0 amide bonds. The first-order valence-corrected chi connectivity index (χ1v) is 6.12. The SMILES string of the molecule is CCNC(c1cc(C)cc(F)c1)c1ccccn1. The lowest BCUT2D eigenvalue weighted by Crippen LogP contribution is -2.23. The molecule has 0 spiro atoms. The van der Waals surface area contributed by atoms with Gasteiger partial charge < -0.3 is 5.32 Å². The molecule has 0 aliphatic carbocycles. The molecule has 1 aromatic heterocycles. The van der Waals surface area contributed by atoms with E-state index in [1.54, 1.807) is 12.3 Å². The minimum atomic E-state index is -0.205. The molecular formula is C15H17FN2. The molecule has 1 heterocycles. The van der Waals surface area contributed by atoms with Crippen molar-refractivity contribution >= 4 is 0 Å². The van der Waals surface area contributed by atoms with Gasteiger partial charge in [0.25, 0.3) is 0 Å². The van der Waals surface area contributed by atoms with E-state index in [0.29, 0.717) is 0 Å². The van der Waals surface area contributed by atoms with Crippen LogP contribution in [0.25, 0.3) is 0 Å². The Balaban J connectivity index is 2.41. The predicted molar refractivity (Wildman–Crippen MR) is 70.9 cm³/mol. The molecule has 2 rings (SSSR count). The first-order valence-electron chi connectivity index (χ1n) is 6.12. The van der Waals surface area contributed by atoms with Crippen LogP contribution in [0.4, 0.5) is 4.39 Å². The Hall–Kier alpha value is -1.74. The van der Waals surface area contributed by atoms with Crippen LogP contribution in [0.15, 0.2) is 42.6 Å². The summed E-state index contributed by atoms with van der Waals surface area (Å²) < 4.78 is 13.5. The fourth-order valence-corrected chi connectivity index (χ4v) is 2.08. The zero-order valence-corrected chi connectivity index (χ0v) is 10.7. The Labute approximate surface area is 107 Å². The minimum absolute atomic E-state index is 0.0643. The van der Waals surface area contributed by atoms with Gasteiger partial charge in [0.2, 0.25) is 0 Å². The van der Waals surface area contributed by atoms with Crippen molar-refractivity contribution in [2.24, 2.45) is 0 Å². The van der Waals surface area contributed by atoms with Gasteiger partial charge in [-0.15, -0.1) is 0 Å². The van der Waals surface area contributed by atoms with Crippen LogP contribution in [0.2, 0.25) is 0 Å². The fraction of sp³-hybridized carbons (Fsp3) is 0.267. The van der Waals surface area contributed by atoms with E-state index in [9.17, 15) is 4.39 Å². The minimum Gasteiger partial charge on any atom is -0.305 e. The van der Waals surface area contributed by atoms with Crippen molar-refractivity contribution in [2.45, 2.75) is 19.9 Å². The highest BCUT2D eigenvalue weighted by Crippen LogP contribution is 2.22. The zero-order valence-electron chi connectivity index (χ0n) is 10.7. The van der Waals surface area contributed by atoms with E-state index in [-0.39, 0.29) is 11.9 Å². The van der Waals surface area contributed by atoms with Gasteiger partial charge in [0.1, 0.15) is 5.82 Å². The second-order valence-electron chi connectivity index (χ2n) is 4.31. The predicted octanol–water partition coefficient (Wildman–Crippen LogP) is 3.23. The lowest BCUT2D eigenvalue weighted by Gasteiger charge is -2.18. The quantitative estimate of drug-likeness (QED) is 0.893. The van der Waals surface area contributed by atoms with Gasteiger partial charge in [-0.05, 0) is 48.9 Å². The van der Waals surface area contributed by atoms with Crippen LogP contribution in [0.1, 0.15) is 29.8 Å². The van der Waals surface area contributed by atoms with Gasteiger partial charge in [0.05, 0.1) is 11.7 Å². The normalized spacial score (nSPS) is 12.4. The number of rotatable bonds is 4. The maximum Gasteiger partial charge on any atom is 0.123 e. The average Bonchev–Trinajstić information content (AvgIpc) is 2.36. The molecule has 0 saturated heterocycles. The molecule has 18 heavy (non-hydrogen) atoms. The third-order valence-corrected chi connectivity index (χ3v) is 2.79. The first-order chi connectivity index (χ1) is 8.70. The van der Waals surface area contributed by atoms with Gasteiger partial charge in [-0.1, -0.05) is 19.1 Å². The van der Waals surface area contributed by atoms with E-state index in [2.05, 4.69) is 10.3 Å². The Morgan fingerprint density at radius 3 is 2.72 bits per heavy atom. The van der Waals surface area contributed by atoms with Crippen LogP contribution >= 0.6 is 0 Å². The highest BCUT2D eigenvalue weighted by atomic mass is 19.1. The van der Waals surface area contributed by atoms with Crippen molar-refractivity contribution in [1.29, 1.82) is 0 Å². The van der Waals surface area contributed by atoms with Crippen LogP contribution in [-0.2, 0) is 0 Å². The largest absolute Gasteiger partial charge is 0.305 e. The Morgan fingerprint density at radius 2 is 2.11 bits per heavy atom. The molecule has 1 N–H and O–H groups in total. The standard InChI is InChI=1S/C15H17FN2/c1-3-17-15(14-6-4-5-7-18-14)12-8-11(2)9-13(16)10-12/h4-10,15,17H,3H2,1-2H3. The monoisotopic (exact) mass is 244 g/mol. The number of benzene rings is 1. The third kappa shape index (κ3) is 2.93. The Bertz CT molecular complexity index is 491. The van der Waals surface area contributed by atoms with Crippen LogP contribution < -0.4 is 5.32 Å². The summed E-state index contributed by atoms with van der Waals surface area (Å²) in [5.74, 6) is -0.205. The average molecular weight is 244 g/mol. The molecule has 94 valence electrons. The smallest absolute Gasteiger partial charge is 0.123 e. The third-order valence-electron chi connectivity index (χ3n) is 2.79. The summed E-state index contributed by atoms with van der Waals surface area (Å²) in [5.41, 5.74) is 2.74. The highest BCUT2D eigenvalue weighted by molar-refractivity contribution is 5.31. The van der Waals surface area contributed by atoms with Gasteiger partial charge in [-0.2, -0.15) is 0 Å². The van der Waals surface area contributed by atoms with Crippen molar-refractivity contribution in [3.63, 3.8) is 0 Å². The second-order valence-corrected chi connectivity index (χ2v) is 4.31. The summed E-state index contributed by atoms with van der Waals surface area (Å²) in [6.07, 6.45) is 1.76. The Morgan fingerprint density at radius 1 is 1.28 bits per heavy atom. The zero-order chi connectivity index (χ0) is 13.0. The number of hydrogen-bond donors (Lipinski definition) is 1. The number of pyridine rings is 1. The summed E-state index contributed by atoms with van der Waals surface area (Å²) in [5, 5.41) is 3.34. The lowest BCUT2D eigenvalue weighted by molar-refractivity contribution is 0.594. The van der Waals surface area contributed by atoms with Gasteiger partial charge in [0, 0.05) is 6.20 Å². The number of nitrogens with one attached hydrogen (secondary N) is 1. The summed E-state index contributed by atoms with van der Waals surface area (Å²) in [6.45, 7) is 4.73. The molecular weight excluding hydrogens is 227 g/mol. The lowest BCUT2D eigenvalue weighted by atomic mass is 10.0. The van der Waals surface area contributed by atoms with Crippen LogP contribution in [0.5, 0.6) is 0 Å². The van der Waals surface area contributed by atoms with Crippen molar-refractivity contribution in [3.05, 3.63) is 65.2 Å². The molecule has 1 atom stereocenters. The molecule has 0 aliphatic rings. The molecule has 0 bridgehead atoms. The molecule has 0 radical (unpaired) electrons. The maximum absolute atomic E-state index is 13.5. The molecule has 0 aliphatic heterocycles. The van der Waals surface area contributed by atoms with Gasteiger partial charge >= 0.3 is 0 Å². The van der Waals surface area contributed by atoms with E-state index in [4.69, 9.17) is 0 Å². The summed E-state index contributed by atoms with van der Waals surface area (Å²) in [7, 11) is 0. The summed E-state index contributed by atoms with van der Waals surface area (Å²) in [6, 6.07) is 10.8. The Kier molecular flexibility index (Phi) is 4.05. The number of halogens is 1. The molecule has 2 aromatic rings. The van der Waals surface area contributed by atoms with E-state index >= 15 is 0 Å². The summed E-state index contributed by atoms with van der Waals surface area (Å²) >= 11 is 0. The van der Waals surface area contributed by atoms with Crippen molar-refractivity contribution < 1.29 is 4.39 Å². The van der Waals surface area contributed by atoms with Crippen molar-refractivity contribution in [1.82, 2.24) is 10.3 Å². The van der Waals surface area contributed by atoms with Gasteiger partial charge in [-0.3, -0.25) is 4.98 Å². The van der Waals surface area contributed by atoms with Crippen LogP contribution in [0.3, 0.4) is 0 Å². The van der Waals surface area contributed by atoms with Crippen molar-refractivity contribution in [2.75, 3.05) is 6.54 Å². The number of nitrogens with zero attached hydrogens (tertiary/aromatic N) is 1. The van der Waals surface area contributed by atoms with Crippen LogP contribution in [-0.4, -0.2) is 11.5 Å². The van der Waals surface area contributed by atoms with E-state index in [1.807, 2.05) is 38.1 Å². The molecule has 2 nitrogen and oxygen atoms in total. The maximum atomic E-state index is 13.5. The van der Waals surface area contributed by atoms with E-state index in [0.717, 1.165) is 23.4 Å². The van der Waals surface area contributed by atoms with Gasteiger partial charge in [-0.25, -0.2) is 4.39 Å².